The van der Waals surface area contributed by atoms with E-state index in [1.54, 1.807) is 0 Å². The van der Waals surface area contributed by atoms with Crippen molar-refractivity contribution in [1.29, 1.82) is 0 Å². The van der Waals surface area contributed by atoms with Crippen LogP contribution >= 0.6 is 7.60 Å². The Labute approximate surface area is 105 Å². The van der Waals surface area contributed by atoms with Gasteiger partial charge in [-0.15, -0.1) is 0 Å². The molecule has 0 atom stereocenters. The van der Waals surface area contributed by atoms with Gasteiger partial charge < -0.3 is 14.3 Å². The minimum atomic E-state index is -5.97. The summed E-state index contributed by atoms with van der Waals surface area (Å²) in [6, 6.07) is 0. The third-order valence-corrected chi connectivity index (χ3v) is 3.82. The molecule has 19 heavy (non-hydrogen) atoms. The molecule has 0 amide bonds. The van der Waals surface area contributed by atoms with Crippen molar-refractivity contribution < 1.29 is 40.8 Å². The van der Waals surface area contributed by atoms with Crippen molar-refractivity contribution in [2.75, 3.05) is 19.4 Å². The van der Waals surface area contributed by atoms with E-state index in [2.05, 4.69) is 9.05 Å². The topological polar surface area (TPSA) is 68.1 Å². The summed E-state index contributed by atoms with van der Waals surface area (Å²) < 4.78 is 83.1. The number of oxime groups is 1. The van der Waals surface area contributed by atoms with Crippen LogP contribution in [0.1, 0.15) is 13.8 Å². The summed E-state index contributed by atoms with van der Waals surface area (Å²) in [5.41, 5.74) is -2.02. The lowest BCUT2D eigenvalue weighted by molar-refractivity contribution is -0.249. The number of halogens is 5. The second kappa shape index (κ2) is 6.62. The number of hydrogen-bond donors (Lipinski definition) is 1. The minimum absolute atomic E-state index is 0.229. The maximum absolute atomic E-state index is 13.0. The fraction of sp³-hybridized carbons (Fsp3) is 0.875. The Bertz CT molecular complexity index is 361. The Morgan fingerprint density at radius 3 is 1.84 bits per heavy atom. The summed E-state index contributed by atoms with van der Waals surface area (Å²) in [4.78, 5) is 0. The van der Waals surface area contributed by atoms with E-state index in [0.717, 1.165) is 0 Å². The smallest absolute Gasteiger partial charge is 0.411 e. The minimum Gasteiger partial charge on any atom is -0.411 e. The van der Waals surface area contributed by atoms with E-state index in [-0.39, 0.29) is 13.2 Å². The lowest BCUT2D eigenvalue weighted by Gasteiger charge is -2.23. The zero-order chi connectivity index (χ0) is 15.3. The average molecular weight is 313 g/mol. The van der Waals surface area contributed by atoms with Crippen molar-refractivity contribution >= 4 is 13.3 Å². The Morgan fingerprint density at radius 2 is 1.58 bits per heavy atom. The molecule has 11 heteroatoms. The standard InChI is InChI=1S/C8H13F5NO4P/c1-3-17-19(16,18-4-2)5-6(14-15)7(9,10)8(11,12)13/h15H,3-5H2,1-2H3/b14-6+. The third kappa shape index (κ3) is 4.70. The van der Waals surface area contributed by atoms with Crippen molar-refractivity contribution in [2.24, 2.45) is 5.16 Å². The van der Waals surface area contributed by atoms with Crippen molar-refractivity contribution in [2.45, 2.75) is 25.9 Å². The average Bonchev–Trinajstić information content (AvgIpc) is 2.24. The number of nitrogens with zero attached hydrogens (tertiary/aromatic N) is 1. The summed E-state index contributed by atoms with van der Waals surface area (Å²) in [6.07, 6.45) is -7.44. The lowest BCUT2D eigenvalue weighted by Crippen LogP contribution is -2.45. The van der Waals surface area contributed by atoms with Crippen LogP contribution in [0.25, 0.3) is 0 Å². The van der Waals surface area contributed by atoms with Crippen LogP contribution < -0.4 is 0 Å². The number of hydrogen-bond acceptors (Lipinski definition) is 5. The van der Waals surface area contributed by atoms with Crippen LogP contribution in [0.4, 0.5) is 22.0 Å². The summed E-state index contributed by atoms with van der Waals surface area (Å²) in [5, 5.41) is 10.2. The van der Waals surface area contributed by atoms with Crippen LogP contribution in [-0.2, 0) is 13.6 Å². The van der Waals surface area contributed by atoms with Crippen LogP contribution in [0.15, 0.2) is 5.16 Å². The predicted octanol–water partition coefficient (Wildman–Crippen LogP) is 3.28. The molecule has 0 fully saturated rings. The Morgan fingerprint density at radius 1 is 1.16 bits per heavy atom. The molecule has 0 aromatic carbocycles. The zero-order valence-corrected chi connectivity index (χ0v) is 11.0. The summed E-state index contributed by atoms with van der Waals surface area (Å²) >= 11 is 0. The molecule has 0 saturated heterocycles. The van der Waals surface area contributed by atoms with Gasteiger partial charge in [-0.25, -0.2) is 0 Å². The van der Waals surface area contributed by atoms with Crippen LogP contribution in [0, 0.1) is 0 Å². The maximum atomic E-state index is 13.0. The third-order valence-electron chi connectivity index (χ3n) is 1.83. The van der Waals surface area contributed by atoms with Crippen LogP contribution in [0.2, 0.25) is 0 Å². The van der Waals surface area contributed by atoms with E-state index >= 15 is 0 Å². The molecule has 0 aromatic heterocycles. The molecule has 0 radical (unpaired) electrons. The molecule has 0 aliphatic rings. The Hall–Kier alpha value is -0.730. The van der Waals surface area contributed by atoms with Crippen molar-refractivity contribution in [3.8, 4) is 0 Å². The molecule has 0 aliphatic carbocycles. The largest absolute Gasteiger partial charge is 0.459 e. The molecule has 0 heterocycles. The molecular formula is C8H13F5NO4P. The lowest BCUT2D eigenvalue weighted by atomic mass is 10.2. The first kappa shape index (κ1) is 18.3. The van der Waals surface area contributed by atoms with Gasteiger partial charge in [-0.3, -0.25) is 4.57 Å². The van der Waals surface area contributed by atoms with Crippen LogP contribution in [0.5, 0.6) is 0 Å². The molecule has 0 aliphatic heterocycles. The van der Waals surface area contributed by atoms with Crippen molar-refractivity contribution in [3.63, 3.8) is 0 Å². The summed E-state index contributed by atoms with van der Waals surface area (Å²) in [7, 11) is -4.23. The van der Waals surface area contributed by atoms with Gasteiger partial charge in [0.05, 0.1) is 19.4 Å². The highest BCUT2D eigenvalue weighted by atomic mass is 31.2. The molecule has 0 saturated carbocycles. The van der Waals surface area contributed by atoms with Crippen LogP contribution in [0.3, 0.4) is 0 Å². The van der Waals surface area contributed by atoms with Gasteiger partial charge in [0.1, 0.15) is 5.71 Å². The molecule has 114 valence electrons. The quantitative estimate of drug-likeness (QED) is 0.257. The van der Waals surface area contributed by atoms with Gasteiger partial charge >= 0.3 is 19.7 Å². The molecular weight excluding hydrogens is 300 g/mol. The fourth-order valence-corrected chi connectivity index (χ4v) is 2.74. The van der Waals surface area contributed by atoms with E-state index in [1.165, 1.54) is 13.8 Å². The van der Waals surface area contributed by atoms with E-state index < -0.39 is 31.6 Å². The van der Waals surface area contributed by atoms with Gasteiger partial charge in [0.15, 0.2) is 0 Å². The highest BCUT2D eigenvalue weighted by molar-refractivity contribution is 7.54. The second-order valence-electron chi connectivity index (χ2n) is 3.22. The molecule has 0 bridgehead atoms. The normalized spacial score (nSPS) is 14.8. The number of rotatable bonds is 7. The van der Waals surface area contributed by atoms with Gasteiger partial charge in [0, 0.05) is 0 Å². The molecule has 0 rings (SSSR count). The molecule has 5 nitrogen and oxygen atoms in total. The Balaban J connectivity index is 5.26. The second-order valence-corrected chi connectivity index (χ2v) is 5.28. The van der Waals surface area contributed by atoms with Gasteiger partial charge in [-0.2, -0.15) is 22.0 Å². The highest BCUT2D eigenvalue weighted by Crippen LogP contribution is 2.50. The summed E-state index contributed by atoms with van der Waals surface area (Å²) in [5.74, 6) is -5.42. The van der Waals surface area contributed by atoms with E-state index in [0.29, 0.717) is 0 Å². The van der Waals surface area contributed by atoms with E-state index in [9.17, 15) is 26.5 Å². The highest BCUT2D eigenvalue weighted by Gasteiger charge is 2.62. The first-order chi connectivity index (χ1) is 8.54. The van der Waals surface area contributed by atoms with Gasteiger partial charge in [0.2, 0.25) is 0 Å². The molecule has 0 unspecified atom stereocenters. The zero-order valence-electron chi connectivity index (χ0n) is 10.1. The first-order valence-electron chi connectivity index (χ1n) is 5.08. The van der Waals surface area contributed by atoms with Gasteiger partial charge in [-0.05, 0) is 13.8 Å². The molecule has 0 aromatic rings. The molecule has 0 spiro atoms. The van der Waals surface area contributed by atoms with Gasteiger partial charge in [-0.1, -0.05) is 5.16 Å². The van der Waals surface area contributed by atoms with Crippen molar-refractivity contribution in [1.82, 2.24) is 0 Å². The SMILES string of the molecule is CCOP(=O)(C/C(=N\O)C(F)(F)C(F)(F)F)OCC. The van der Waals surface area contributed by atoms with E-state index in [4.69, 9.17) is 5.21 Å². The monoisotopic (exact) mass is 313 g/mol. The molecule has 1 N–H and O–H groups in total. The van der Waals surface area contributed by atoms with Crippen molar-refractivity contribution in [3.05, 3.63) is 0 Å². The summed E-state index contributed by atoms with van der Waals surface area (Å²) in [6.45, 7) is 2.24. The fourth-order valence-electron chi connectivity index (χ4n) is 1.06. The Kier molecular flexibility index (Phi) is 6.37. The van der Waals surface area contributed by atoms with Gasteiger partial charge in [0.25, 0.3) is 0 Å². The van der Waals surface area contributed by atoms with Crippen LogP contribution in [-0.4, -0.2) is 42.4 Å². The predicted molar refractivity (Wildman–Crippen MR) is 55.9 cm³/mol. The van der Waals surface area contributed by atoms with E-state index in [1.807, 2.05) is 5.16 Å². The maximum Gasteiger partial charge on any atom is 0.459 e. The first-order valence-corrected chi connectivity index (χ1v) is 6.81. The number of alkyl halides is 5.